The van der Waals surface area contributed by atoms with Gasteiger partial charge in [-0.3, -0.25) is 0 Å². The minimum absolute atomic E-state index is 0.692. The van der Waals surface area contributed by atoms with Gasteiger partial charge in [0, 0.05) is 22.7 Å². The Hall–Kier alpha value is -2.84. The van der Waals surface area contributed by atoms with E-state index >= 15 is 0 Å². The van der Waals surface area contributed by atoms with Gasteiger partial charge < -0.3 is 10.7 Å². The molecule has 0 aliphatic rings. The number of nitrogens with two attached hydrogens (primary N) is 1. The number of nitrogens with one attached hydrogen (secondary N) is 1. The highest BCUT2D eigenvalue weighted by Gasteiger charge is 2.33. The maximum absolute atomic E-state index is 7.05. The van der Waals surface area contributed by atoms with E-state index in [0.29, 0.717) is 0 Å². The van der Waals surface area contributed by atoms with Crippen LogP contribution in [-0.4, -0.2) is 4.98 Å². The van der Waals surface area contributed by atoms with Gasteiger partial charge in [0.15, 0.2) is 0 Å². The van der Waals surface area contributed by atoms with E-state index in [4.69, 9.17) is 5.73 Å². The van der Waals surface area contributed by atoms with Gasteiger partial charge in [0.25, 0.3) is 0 Å². The van der Waals surface area contributed by atoms with Crippen molar-refractivity contribution < 1.29 is 0 Å². The van der Waals surface area contributed by atoms with E-state index in [1.165, 1.54) is 0 Å². The molecule has 112 valence electrons. The van der Waals surface area contributed by atoms with E-state index in [1.54, 1.807) is 0 Å². The molecule has 4 rings (SSSR count). The molecule has 0 aliphatic carbocycles. The smallest absolute Gasteiger partial charge is 0.0943 e. The Morgan fingerprint density at radius 1 is 0.652 bits per heavy atom. The van der Waals surface area contributed by atoms with Crippen LogP contribution in [0.2, 0.25) is 0 Å². The highest BCUT2D eigenvalue weighted by atomic mass is 14.8. The molecule has 23 heavy (non-hydrogen) atoms. The van der Waals surface area contributed by atoms with Crippen molar-refractivity contribution in [2.75, 3.05) is 0 Å². The molecule has 1 heterocycles. The number of aromatic amines is 1. The van der Waals surface area contributed by atoms with Crippen molar-refractivity contribution >= 4 is 10.9 Å². The Kier molecular flexibility index (Phi) is 3.25. The maximum Gasteiger partial charge on any atom is 0.0943 e. The van der Waals surface area contributed by atoms with Crippen molar-refractivity contribution in [1.29, 1.82) is 0 Å². The van der Waals surface area contributed by atoms with E-state index < -0.39 is 5.54 Å². The predicted octanol–water partition coefficient (Wildman–Crippen LogP) is 4.42. The largest absolute Gasteiger partial charge is 0.361 e. The normalized spacial score (nSPS) is 11.7. The number of fused-ring (bicyclic) bond motifs is 1. The Morgan fingerprint density at radius 2 is 1.17 bits per heavy atom. The number of H-pyrrole nitrogens is 1. The molecule has 0 saturated carbocycles. The molecule has 4 aromatic rings. The van der Waals surface area contributed by atoms with Crippen LogP contribution in [0.5, 0.6) is 0 Å². The van der Waals surface area contributed by atoms with Gasteiger partial charge in [-0.05, 0) is 17.2 Å². The molecule has 0 aliphatic heterocycles. The first-order valence-corrected chi connectivity index (χ1v) is 7.76. The fraction of sp³-hybridized carbons (Fsp3) is 0.0476. The zero-order chi connectivity index (χ0) is 15.7. The second-order valence-corrected chi connectivity index (χ2v) is 5.79. The molecule has 1 aromatic heterocycles. The van der Waals surface area contributed by atoms with Crippen LogP contribution in [0.25, 0.3) is 10.9 Å². The molecule has 3 N–H and O–H groups in total. The summed E-state index contributed by atoms with van der Waals surface area (Å²) in [5, 5.41) is 1.16. The second kappa shape index (κ2) is 5.41. The third-order valence-corrected chi connectivity index (χ3v) is 4.47. The first-order valence-electron chi connectivity index (χ1n) is 7.76. The topological polar surface area (TPSA) is 41.8 Å². The summed E-state index contributed by atoms with van der Waals surface area (Å²) in [6.07, 6.45) is 2.03. The maximum atomic E-state index is 7.05. The molecule has 0 atom stereocenters. The molecule has 0 radical (unpaired) electrons. The summed E-state index contributed by atoms with van der Waals surface area (Å²) in [6, 6.07) is 28.8. The van der Waals surface area contributed by atoms with Crippen LogP contribution in [0, 0.1) is 0 Å². The molecule has 2 nitrogen and oxygen atoms in total. The Bertz CT molecular complexity index is 884. The molecule has 0 spiro atoms. The predicted molar refractivity (Wildman–Crippen MR) is 95.3 cm³/mol. The van der Waals surface area contributed by atoms with Gasteiger partial charge in [0.1, 0.15) is 0 Å². The van der Waals surface area contributed by atoms with Gasteiger partial charge in [-0.25, -0.2) is 0 Å². The van der Waals surface area contributed by atoms with Gasteiger partial charge in [-0.2, -0.15) is 0 Å². The minimum Gasteiger partial charge on any atom is -0.361 e. The molecule has 0 saturated heterocycles. The molecule has 2 heteroatoms. The average Bonchev–Trinajstić information content (AvgIpc) is 3.07. The van der Waals surface area contributed by atoms with E-state index in [2.05, 4.69) is 47.4 Å². The van der Waals surface area contributed by atoms with Gasteiger partial charge >= 0.3 is 0 Å². The van der Waals surface area contributed by atoms with E-state index in [0.717, 1.165) is 27.6 Å². The van der Waals surface area contributed by atoms with Gasteiger partial charge in [0.2, 0.25) is 0 Å². The van der Waals surface area contributed by atoms with Crippen molar-refractivity contribution in [3.63, 3.8) is 0 Å². The molecule has 0 amide bonds. The first kappa shape index (κ1) is 13.8. The van der Waals surface area contributed by atoms with Crippen molar-refractivity contribution in [2.45, 2.75) is 5.54 Å². The summed E-state index contributed by atoms with van der Waals surface area (Å²) in [4.78, 5) is 3.35. The summed E-state index contributed by atoms with van der Waals surface area (Å²) in [5.41, 5.74) is 10.7. The number of hydrogen-bond acceptors (Lipinski definition) is 1. The quantitative estimate of drug-likeness (QED) is 0.577. The van der Waals surface area contributed by atoms with E-state index in [1.807, 2.05) is 48.7 Å². The Morgan fingerprint density at radius 3 is 1.78 bits per heavy atom. The summed E-state index contributed by atoms with van der Waals surface area (Å²) in [5.74, 6) is 0. The van der Waals surface area contributed by atoms with Crippen LogP contribution in [0.1, 0.15) is 16.7 Å². The van der Waals surface area contributed by atoms with Crippen LogP contribution in [-0.2, 0) is 5.54 Å². The zero-order valence-electron chi connectivity index (χ0n) is 12.7. The first-order chi connectivity index (χ1) is 11.3. The number of para-hydroxylation sites is 1. The molecule has 3 aromatic carbocycles. The standard InChI is InChI=1S/C21H18N2/c22-21(16-9-3-1-4-10-16,17-11-5-2-6-12-17)19-15-23-20-14-8-7-13-18(19)20/h1-15,23H,22H2. The monoisotopic (exact) mass is 298 g/mol. The highest BCUT2D eigenvalue weighted by Crippen LogP contribution is 2.37. The summed E-state index contributed by atoms with van der Waals surface area (Å²) < 4.78 is 0. The van der Waals surface area contributed by atoms with E-state index in [9.17, 15) is 0 Å². The Balaban J connectivity index is 2.04. The Labute approximate surface area is 135 Å². The lowest BCUT2D eigenvalue weighted by Gasteiger charge is -2.31. The third kappa shape index (κ3) is 2.16. The lowest BCUT2D eigenvalue weighted by atomic mass is 9.78. The lowest BCUT2D eigenvalue weighted by molar-refractivity contribution is 0.659. The van der Waals surface area contributed by atoms with Crippen LogP contribution >= 0.6 is 0 Å². The van der Waals surface area contributed by atoms with Gasteiger partial charge in [-0.15, -0.1) is 0 Å². The number of aromatic nitrogens is 1. The summed E-state index contributed by atoms with van der Waals surface area (Å²) in [7, 11) is 0. The molecule has 0 fully saturated rings. The van der Waals surface area contributed by atoms with Crippen LogP contribution < -0.4 is 5.73 Å². The van der Waals surface area contributed by atoms with Crippen LogP contribution in [0.4, 0.5) is 0 Å². The summed E-state index contributed by atoms with van der Waals surface area (Å²) in [6.45, 7) is 0. The SMILES string of the molecule is NC(c1ccccc1)(c1ccccc1)c1c[nH]c2ccccc12. The minimum atomic E-state index is -0.692. The van der Waals surface area contributed by atoms with Crippen LogP contribution in [0.15, 0.2) is 91.1 Å². The van der Waals surface area contributed by atoms with Crippen molar-refractivity contribution in [1.82, 2.24) is 4.98 Å². The number of hydrogen-bond donors (Lipinski definition) is 2. The zero-order valence-corrected chi connectivity index (χ0v) is 12.7. The molecular weight excluding hydrogens is 280 g/mol. The summed E-state index contributed by atoms with van der Waals surface area (Å²) >= 11 is 0. The van der Waals surface area contributed by atoms with Crippen LogP contribution in [0.3, 0.4) is 0 Å². The van der Waals surface area contributed by atoms with Crippen molar-refractivity contribution in [3.8, 4) is 0 Å². The van der Waals surface area contributed by atoms with Crippen molar-refractivity contribution in [2.24, 2.45) is 5.73 Å². The fourth-order valence-corrected chi connectivity index (χ4v) is 3.28. The third-order valence-electron chi connectivity index (χ3n) is 4.47. The second-order valence-electron chi connectivity index (χ2n) is 5.79. The molecule has 0 unspecified atom stereocenters. The average molecular weight is 298 g/mol. The number of rotatable bonds is 3. The molecule has 0 bridgehead atoms. The van der Waals surface area contributed by atoms with Crippen molar-refractivity contribution in [3.05, 3.63) is 108 Å². The number of benzene rings is 3. The highest BCUT2D eigenvalue weighted by molar-refractivity contribution is 5.85. The fourth-order valence-electron chi connectivity index (χ4n) is 3.28. The van der Waals surface area contributed by atoms with E-state index in [-0.39, 0.29) is 0 Å². The van der Waals surface area contributed by atoms with Gasteiger partial charge in [-0.1, -0.05) is 78.9 Å². The lowest BCUT2D eigenvalue weighted by Crippen LogP contribution is -2.39. The van der Waals surface area contributed by atoms with Gasteiger partial charge in [0.05, 0.1) is 5.54 Å². The molecular formula is C21H18N2.